The summed E-state index contributed by atoms with van der Waals surface area (Å²) in [6.07, 6.45) is 2.46. The highest BCUT2D eigenvalue weighted by molar-refractivity contribution is 8.00. The predicted molar refractivity (Wildman–Crippen MR) is 56.0 cm³/mol. The van der Waals surface area contributed by atoms with Crippen molar-refractivity contribution in [3.05, 3.63) is 0 Å². The van der Waals surface area contributed by atoms with Gasteiger partial charge in [-0.15, -0.1) is 0 Å². The zero-order valence-corrected chi connectivity index (χ0v) is 9.09. The quantitative estimate of drug-likeness (QED) is 0.786. The molecule has 1 unspecified atom stereocenters. The van der Waals surface area contributed by atoms with Gasteiger partial charge < -0.3 is 5.32 Å². The van der Waals surface area contributed by atoms with E-state index in [1.165, 1.54) is 0 Å². The molecule has 1 aliphatic heterocycles. The molecule has 1 N–H and O–H groups in total. The second-order valence-corrected chi connectivity index (χ2v) is 5.42. The van der Waals surface area contributed by atoms with Crippen molar-refractivity contribution < 1.29 is 8.78 Å². The molecule has 82 valence electrons. The van der Waals surface area contributed by atoms with Crippen LogP contribution in [0.2, 0.25) is 0 Å². The van der Waals surface area contributed by atoms with Crippen molar-refractivity contribution in [2.24, 2.45) is 5.92 Å². The van der Waals surface area contributed by atoms with Crippen LogP contribution in [0, 0.1) is 5.92 Å². The Hall–Kier alpha value is 0.170. The number of halogens is 2. The largest absolute Gasteiger partial charge is 0.312 e. The third-order valence-electron chi connectivity index (χ3n) is 3.20. The highest BCUT2D eigenvalue weighted by Crippen LogP contribution is 2.38. The molecule has 1 saturated carbocycles. The minimum atomic E-state index is -2.41. The lowest BCUT2D eigenvalue weighted by Gasteiger charge is -2.34. The van der Waals surface area contributed by atoms with Gasteiger partial charge in [0.1, 0.15) is 0 Å². The number of hydrogen-bond donors (Lipinski definition) is 1. The summed E-state index contributed by atoms with van der Waals surface area (Å²) in [6.45, 7) is 0.512. The molecule has 0 aromatic heterocycles. The molecule has 1 saturated heterocycles. The van der Waals surface area contributed by atoms with E-state index in [1.54, 1.807) is 0 Å². The number of thioether (sulfide) groups is 1. The summed E-state index contributed by atoms with van der Waals surface area (Å²) in [7, 11) is 0. The fourth-order valence-electron chi connectivity index (χ4n) is 2.08. The molecule has 0 aromatic carbocycles. The van der Waals surface area contributed by atoms with Crippen LogP contribution in [-0.2, 0) is 0 Å². The summed E-state index contributed by atoms with van der Waals surface area (Å²) in [5.74, 6) is -0.638. The van der Waals surface area contributed by atoms with Crippen LogP contribution in [0.3, 0.4) is 0 Å². The third-order valence-corrected chi connectivity index (χ3v) is 4.48. The normalized spacial score (nSPS) is 32.6. The van der Waals surface area contributed by atoms with Crippen molar-refractivity contribution in [2.75, 3.05) is 18.1 Å². The van der Waals surface area contributed by atoms with E-state index < -0.39 is 11.8 Å². The molecule has 1 atom stereocenters. The number of hydrogen-bond acceptors (Lipinski definition) is 2. The average molecular weight is 221 g/mol. The van der Waals surface area contributed by atoms with Gasteiger partial charge in [0.2, 0.25) is 0 Å². The SMILES string of the molecule is FC1(F)CCCCC1CNC1CSC1. The first kappa shape index (κ1) is 10.7. The molecule has 2 fully saturated rings. The van der Waals surface area contributed by atoms with Crippen LogP contribution in [0.25, 0.3) is 0 Å². The Labute approximate surface area is 88.0 Å². The maximum absolute atomic E-state index is 13.4. The molecule has 1 heterocycles. The first-order valence-electron chi connectivity index (χ1n) is 5.37. The Kier molecular flexibility index (Phi) is 3.32. The van der Waals surface area contributed by atoms with E-state index in [0.717, 1.165) is 17.9 Å². The van der Waals surface area contributed by atoms with Gasteiger partial charge in [-0.05, 0) is 12.8 Å². The van der Waals surface area contributed by atoms with Crippen molar-refractivity contribution in [1.29, 1.82) is 0 Å². The van der Waals surface area contributed by atoms with Crippen molar-refractivity contribution in [1.82, 2.24) is 5.32 Å². The minimum Gasteiger partial charge on any atom is -0.312 e. The summed E-state index contributed by atoms with van der Waals surface area (Å²) in [5, 5.41) is 3.24. The Morgan fingerprint density at radius 1 is 1.29 bits per heavy atom. The monoisotopic (exact) mass is 221 g/mol. The van der Waals surface area contributed by atoms with Gasteiger partial charge in [0.15, 0.2) is 0 Å². The first-order valence-corrected chi connectivity index (χ1v) is 6.53. The molecule has 0 radical (unpaired) electrons. The van der Waals surface area contributed by atoms with Crippen LogP contribution in [0.4, 0.5) is 8.78 Å². The van der Waals surface area contributed by atoms with Gasteiger partial charge in [0, 0.05) is 36.4 Å². The fraction of sp³-hybridized carbons (Fsp3) is 1.00. The highest BCUT2D eigenvalue weighted by Gasteiger charge is 2.41. The maximum Gasteiger partial charge on any atom is 0.252 e. The molecule has 14 heavy (non-hydrogen) atoms. The van der Waals surface area contributed by atoms with E-state index in [9.17, 15) is 8.78 Å². The molecule has 0 spiro atoms. The first-order chi connectivity index (χ1) is 6.68. The maximum atomic E-state index is 13.4. The molecule has 1 aliphatic carbocycles. The van der Waals surface area contributed by atoms with Gasteiger partial charge in [-0.2, -0.15) is 11.8 Å². The second-order valence-electron chi connectivity index (χ2n) is 4.35. The second kappa shape index (κ2) is 4.35. The third kappa shape index (κ3) is 2.40. The molecule has 2 aliphatic rings. The van der Waals surface area contributed by atoms with Crippen molar-refractivity contribution in [3.63, 3.8) is 0 Å². The molecular weight excluding hydrogens is 204 g/mol. The van der Waals surface area contributed by atoms with Crippen molar-refractivity contribution in [2.45, 2.75) is 37.6 Å². The van der Waals surface area contributed by atoms with Crippen LogP contribution in [0.5, 0.6) is 0 Å². The zero-order chi connectivity index (χ0) is 10.0. The average Bonchev–Trinajstić information content (AvgIpc) is 2.04. The van der Waals surface area contributed by atoms with Crippen molar-refractivity contribution >= 4 is 11.8 Å². The van der Waals surface area contributed by atoms with E-state index in [0.29, 0.717) is 25.4 Å². The van der Waals surface area contributed by atoms with Gasteiger partial charge >= 0.3 is 0 Å². The summed E-state index contributed by atoms with van der Waals surface area (Å²) < 4.78 is 26.8. The summed E-state index contributed by atoms with van der Waals surface area (Å²) in [5.41, 5.74) is 0. The molecule has 1 nitrogen and oxygen atoms in total. The lowest BCUT2D eigenvalue weighted by atomic mass is 9.85. The molecule has 4 heteroatoms. The summed E-state index contributed by atoms with van der Waals surface area (Å²) >= 11 is 1.88. The van der Waals surface area contributed by atoms with Gasteiger partial charge in [-0.3, -0.25) is 0 Å². The molecule has 2 rings (SSSR count). The summed E-state index contributed by atoms with van der Waals surface area (Å²) in [4.78, 5) is 0. The van der Waals surface area contributed by atoms with Crippen LogP contribution in [0.1, 0.15) is 25.7 Å². The molecule has 0 bridgehead atoms. The van der Waals surface area contributed by atoms with Gasteiger partial charge in [-0.1, -0.05) is 6.42 Å². The molecule has 0 amide bonds. The molecular formula is C10H17F2NS. The Morgan fingerprint density at radius 3 is 2.64 bits per heavy atom. The van der Waals surface area contributed by atoms with Gasteiger partial charge in [-0.25, -0.2) is 8.78 Å². The zero-order valence-electron chi connectivity index (χ0n) is 8.27. The standard InChI is InChI=1S/C10H17F2NS/c11-10(12)4-2-1-3-8(10)5-13-9-6-14-7-9/h8-9,13H,1-7H2. The van der Waals surface area contributed by atoms with Crippen LogP contribution >= 0.6 is 11.8 Å². The Balaban J connectivity index is 1.76. The lowest BCUT2D eigenvalue weighted by Crippen LogP contribution is -2.46. The van der Waals surface area contributed by atoms with Crippen LogP contribution < -0.4 is 5.32 Å². The number of rotatable bonds is 3. The van der Waals surface area contributed by atoms with E-state index in [2.05, 4.69) is 5.32 Å². The lowest BCUT2D eigenvalue weighted by molar-refractivity contribution is -0.0847. The highest BCUT2D eigenvalue weighted by atomic mass is 32.2. The minimum absolute atomic E-state index is 0.0960. The van der Waals surface area contributed by atoms with E-state index >= 15 is 0 Å². The smallest absolute Gasteiger partial charge is 0.252 e. The predicted octanol–water partition coefficient (Wildman–Crippen LogP) is 2.52. The van der Waals surface area contributed by atoms with E-state index in [-0.39, 0.29) is 6.42 Å². The summed E-state index contributed by atoms with van der Waals surface area (Å²) in [6, 6.07) is 0.498. The van der Waals surface area contributed by atoms with Crippen LogP contribution in [-0.4, -0.2) is 30.0 Å². The Bertz CT molecular complexity index is 195. The van der Waals surface area contributed by atoms with Gasteiger partial charge in [0.25, 0.3) is 5.92 Å². The van der Waals surface area contributed by atoms with Gasteiger partial charge in [0.05, 0.1) is 0 Å². The topological polar surface area (TPSA) is 12.0 Å². The van der Waals surface area contributed by atoms with E-state index in [4.69, 9.17) is 0 Å². The molecule has 0 aromatic rings. The Morgan fingerprint density at radius 2 is 2.07 bits per heavy atom. The van der Waals surface area contributed by atoms with E-state index in [1.807, 2.05) is 11.8 Å². The fourth-order valence-corrected chi connectivity index (χ4v) is 2.79. The van der Waals surface area contributed by atoms with Crippen molar-refractivity contribution in [3.8, 4) is 0 Å². The van der Waals surface area contributed by atoms with Crippen LogP contribution in [0.15, 0.2) is 0 Å². The number of alkyl halides is 2. The number of nitrogens with one attached hydrogen (secondary N) is 1.